The van der Waals surface area contributed by atoms with Crippen LogP contribution in [-0.2, 0) is 6.54 Å². The van der Waals surface area contributed by atoms with Crippen molar-refractivity contribution in [3.8, 4) is 0 Å². The van der Waals surface area contributed by atoms with E-state index in [9.17, 15) is 4.79 Å². The first-order chi connectivity index (χ1) is 12.5. The van der Waals surface area contributed by atoms with E-state index >= 15 is 0 Å². The molecule has 132 valence electrons. The third-order valence-corrected chi connectivity index (χ3v) is 5.59. The van der Waals surface area contributed by atoms with E-state index in [2.05, 4.69) is 35.2 Å². The van der Waals surface area contributed by atoms with Gasteiger partial charge in [-0.3, -0.25) is 9.20 Å². The van der Waals surface area contributed by atoms with E-state index in [1.807, 2.05) is 12.1 Å². The van der Waals surface area contributed by atoms with Crippen LogP contribution in [-0.4, -0.2) is 14.4 Å². The number of halogens is 1. The lowest BCUT2D eigenvalue weighted by molar-refractivity contribution is 0.857. The van der Waals surface area contributed by atoms with E-state index in [4.69, 9.17) is 11.6 Å². The van der Waals surface area contributed by atoms with Gasteiger partial charge in [0, 0.05) is 23.9 Å². The summed E-state index contributed by atoms with van der Waals surface area (Å²) in [5.74, 6) is 0.423. The standard InChI is InChI=1S/C19H17ClN4OS/c1-11(2)19-23-15-5-4-13(7-16(15)26-19)21-9-14-8-18(25)24-10-12(20)3-6-17(24)22-14/h3-8,10-11,21H,9H2,1-2H3. The Kier molecular flexibility index (Phi) is 4.38. The first-order valence-corrected chi connectivity index (χ1v) is 9.51. The number of nitrogens with zero attached hydrogens (tertiary/aromatic N) is 3. The van der Waals surface area contributed by atoms with E-state index in [1.54, 1.807) is 29.7 Å². The molecule has 0 unspecified atom stereocenters. The molecule has 26 heavy (non-hydrogen) atoms. The van der Waals surface area contributed by atoms with Gasteiger partial charge >= 0.3 is 0 Å². The van der Waals surface area contributed by atoms with Crippen molar-refractivity contribution in [2.24, 2.45) is 0 Å². The Bertz CT molecular complexity index is 1170. The van der Waals surface area contributed by atoms with Gasteiger partial charge in [-0.1, -0.05) is 25.4 Å². The molecular formula is C19H17ClN4OS. The lowest BCUT2D eigenvalue weighted by Gasteiger charge is -2.07. The van der Waals surface area contributed by atoms with Crippen LogP contribution in [0.3, 0.4) is 0 Å². The highest BCUT2D eigenvalue weighted by atomic mass is 35.5. The summed E-state index contributed by atoms with van der Waals surface area (Å²) >= 11 is 7.65. The molecule has 4 rings (SSSR count). The molecule has 3 aromatic heterocycles. The molecule has 0 amide bonds. The zero-order valence-corrected chi connectivity index (χ0v) is 15.9. The summed E-state index contributed by atoms with van der Waals surface area (Å²) in [4.78, 5) is 21.4. The fraction of sp³-hybridized carbons (Fsp3) is 0.211. The number of anilines is 1. The van der Waals surface area contributed by atoms with Crippen molar-refractivity contribution in [1.82, 2.24) is 14.4 Å². The van der Waals surface area contributed by atoms with Gasteiger partial charge in [-0.15, -0.1) is 11.3 Å². The van der Waals surface area contributed by atoms with Crippen LogP contribution in [0.5, 0.6) is 0 Å². The average Bonchev–Trinajstić information content (AvgIpc) is 3.04. The molecule has 0 aliphatic heterocycles. The first-order valence-electron chi connectivity index (χ1n) is 8.32. The fourth-order valence-electron chi connectivity index (χ4n) is 2.71. The Morgan fingerprint density at radius 1 is 1.19 bits per heavy atom. The molecule has 0 aliphatic rings. The molecule has 1 aromatic carbocycles. The Labute approximate surface area is 159 Å². The van der Waals surface area contributed by atoms with Crippen molar-refractivity contribution in [1.29, 1.82) is 0 Å². The highest BCUT2D eigenvalue weighted by Gasteiger charge is 2.08. The first kappa shape index (κ1) is 17.0. The average molecular weight is 385 g/mol. The molecule has 4 aromatic rings. The summed E-state index contributed by atoms with van der Waals surface area (Å²) in [5.41, 5.74) is 3.12. The highest BCUT2D eigenvalue weighted by Crippen LogP contribution is 2.29. The smallest absolute Gasteiger partial charge is 0.258 e. The van der Waals surface area contributed by atoms with Gasteiger partial charge in [0.1, 0.15) is 5.65 Å². The van der Waals surface area contributed by atoms with Crippen LogP contribution in [0.4, 0.5) is 5.69 Å². The zero-order chi connectivity index (χ0) is 18.3. The second-order valence-electron chi connectivity index (χ2n) is 6.40. The third-order valence-electron chi connectivity index (χ3n) is 4.05. The van der Waals surface area contributed by atoms with Crippen LogP contribution >= 0.6 is 22.9 Å². The molecule has 5 nitrogen and oxygen atoms in total. The molecule has 1 N–H and O–H groups in total. The SMILES string of the molecule is CC(C)c1nc2ccc(NCc3cc(=O)n4cc(Cl)ccc4n3)cc2s1. The lowest BCUT2D eigenvalue weighted by atomic mass is 10.2. The van der Waals surface area contributed by atoms with Crippen molar-refractivity contribution in [3.63, 3.8) is 0 Å². The van der Waals surface area contributed by atoms with Crippen molar-refractivity contribution < 1.29 is 0 Å². The molecule has 0 radical (unpaired) electrons. The van der Waals surface area contributed by atoms with Crippen molar-refractivity contribution in [2.45, 2.75) is 26.3 Å². The molecule has 0 spiro atoms. The summed E-state index contributed by atoms with van der Waals surface area (Å²) in [6.07, 6.45) is 1.58. The van der Waals surface area contributed by atoms with E-state index in [0.29, 0.717) is 28.8 Å². The maximum atomic E-state index is 12.2. The summed E-state index contributed by atoms with van der Waals surface area (Å²) < 4.78 is 2.60. The van der Waals surface area contributed by atoms with Gasteiger partial charge in [0.05, 0.1) is 32.5 Å². The van der Waals surface area contributed by atoms with E-state index < -0.39 is 0 Å². The lowest BCUT2D eigenvalue weighted by Crippen LogP contribution is -2.16. The molecule has 0 bridgehead atoms. The predicted molar refractivity (Wildman–Crippen MR) is 108 cm³/mol. The number of pyridine rings is 1. The second-order valence-corrected chi connectivity index (χ2v) is 7.90. The van der Waals surface area contributed by atoms with Crippen molar-refractivity contribution in [2.75, 3.05) is 5.32 Å². The number of hydrogen-bond donors (Lipinski definition) is 1. The van der Waals surface area contributed by atoms with Gasteiger partial charge in [0.25, 0.3) is 5.56 Å². The molecule has 0 saturated carbocycles. The van der Waals surface area contributed by atoms with Gasteiger partial charge in [0.2, 0.25) is 0 Å². The molecular weight excluding hydrogens is 368 g/mol. The Balaban J connectivity index is 1.58. The topological polar surface area (TPSA) is 59.3 Å². The van der Waals surface area contributed by atoms with Crippen LogP contribution in [0.15, 0.2) is 47.4 Å². The number of rotatable bonds is 4. The molecule has 3 heterocycles. The monoisotopic (exact) mass is 384 g/mol. The highest BCUT2D eigenvalue weighted by molar-refractivity contribution is 7.18. The van der Waals surface area contributed by atoms with Crippen LogP contribution in [0.2, 0.25) is 5.02 Å². The minimum Gasteiger partial charge on any atom is -0.379 e. The molecule has 0 saturated heterocycles. The van der Waals surface area contributed by atoms with Gasteiger partial charge in [-0.2, -0.15) is 0 Å². The van der Waals surface area contributed by atoms with E-state index in [1.165, 1.54) is 10.5 Å². The number of benzene rings is 1. The number of hydrogen-bond acceptors (Lipinski definition) is 5. The predicted octanol–water partition coefficient (Wildman–Crippen LogP) is 4.69. The van der Waals surface area contributed by atoms with Gasteiger partial charge < -0.3 is 5.32 Å². The number of nitrogens with one attached hydrogen (secondary N) is 1. The van der Waals surface area contributed by atoms with E-state index in [-0.39, 0.29) is 5.56 Å². The zero-order valence-electron chi connectivity index (χ0n) is 14.4. The van der Waals surface area contributed by atoms with Gasteiger partial charge in [-0.25, -0.2) is 9.97 Å². The Morgan fingerprint density at radius 2 is 2.04 bits per heavy atom. The Morgan fingerprint density at radius 3 is 2.85 bits per heavy atom. The van der Waals surface area contributed by atoms with Crippen LogP contribution < -0.4 is 10.9 Å². The van der Waals surface area contributed by atoms with Gasteiger partial charge in [-0.05, 0) is 30.3 Å². The molecule has 0 aliphatic carbocycles. The normalized spacial score (nSPS) is 11.5. The minimum absolute atomic E-state index is 0.145. The molecule has 0 fully saturated rings. The number of fused-ring (bicyclic) bond motifs is 2. The largest absolute Gasteiger partial charge is 0.379 e. The quantitative estimate of drug-likeness (QED) is 0.554. The summed E-state index contributed by atoms with van der Waals surface area (Å²) in [6.45, 7) is 4.76. The fourth-order valence-corrected chi connectivity index (χ4v) is 3.88. The van der Waals surface area contributed by atoms with E-state index in [0.717, 1.165) is 20.9 Å². The number of aromatic nitrogens is 3. The molecule has 7 heteroatoms. The maximum Gasteiger partial charge on any atom is 0.258 e. The third kappa shape index (κ3) is 3.30. The summed E-state index contributed by atoms with van der Waals surface area (Å²) in [7, 11) is 0. The summed E-state index contributed by atoms with van der Waals surface area (Å²) in [5, 5.41) is 4.98. The minimum atomic E-state index is -0.145. The second kappa shape index (κ2) is 6.70. The van der Waals surface area contributed by atoms with Crippen LogP contribution in [0.1, 0.15) is 30.5 Å². The Hall–Kier alpha value is -2.44. The number of thiazole rings is 1. The van der Waals surface area contributed by atoms with Crippen molar-refractivity contribution >= 4 is 44.5 Å². The van der Waals surface area contributed by atoms with Gasteiger partial charge in [0.15, 0.2) is 0 Å². The molecule has 0 atom stereocenters. The van der Waals surface area contributed by atoms with Crippen molar-refractivity contribution in [3.05, 3.63) is 68.7 Å². The summed E-state index contributed by atoms with van der Waals surface area (Å²) in [6, 6.07) is 11.1. The van der Waals surface area contributed by atoms with Crippen LogP contribution in [0.25, 0.3) is 15.9 Å². The maximum absolute atomic E-state index is 12.2. The van der Waals surface area contributed by atoms with Crippen LogP contribution in [0, 0.1) is 0 Å².